The van der Waals surface area contributed by atoms with Gasteiger partial charge in [0.2, 0.25) is 0 Å². The van der Waals surface area contributed by atoms with Gasteiger partial charge in [0.05, 0.1) is 12.6 Å². The van der Waals surface area contributed by atoms with Crippen LogP contribution in [0.4, 0.5) is 5.13 Å². The molecule has 0 unspecified atom stereocenters. The molecule has 3 aromatic rings. The first-order valence-electron chi connectivity index (χ1n) is 6.04. The van der Waals surface area contributed by atoms with Gasteiger partial charge in [0, 0.05) is 24.0 Å². The summed E-state index contributed by atoms with van der Waals surface area (Å²) in [6.45, 7) is 0. The number of methoxy groups -OCH3 is 1. The smallest absolute Gasteiger partial charge is 0.277 e. The summed E-state index contributed by atoms with van der Waals surface area (Å²) in [5.41, 5.74) is 1.44. The molecular formula is C14H13N3O2S. The number of aromatic nitrogens is 2. The van der Waals surface area contributed by atoms with Gasteiger partial charge in [-0.25, -0.2) is 4.98 Å². The molecule has 1 N–H and O–H groups in total. The maximum absolute atomic E-state index is 12.4. The average Bonchev–Trinajstić information content (AvgIpc) is 3.05. The lowest BCUT2D eigenvalue weighted by atomic mass is 10.2. The molecular weight excluding hydrogens is 274 g/mol. The molecule has 0 saturated heterocycles. The van der Waals surface area contributed by atoms with Gasteiger partial charge < -0.3 is 9.30 Å². The van der Waals surface area contributed by atoms with Gasteiger partial charge in [-0.1, -0.05) is 12.1 Å². The van der Waals surface area contributed by atoms with Gasteiger partial charge in [-0.3, -0.25) is 10.1 Å². The van der Waals surface area contributed by atoms with Gasteiger partial charge in [-0.15, -0.1) is 11.3 Å². The number of para-hydroxylation sites is 1. The number of carbonyl (C=O) groups is 1. The van der Waals surface area contributed by atoms with Gasteiger partial charge >= 0.3 is 0 Å². The summed E-state index contributed by atoms with van der Waals surface area (Å²) in [6, 6.07) is 7.75. The van der Waals surface area contributed by atoms with Crippen molar-refractivity contribution < 1.29 is 9.53 Å². The Labute approximate surface area is 119 Å². The highest BCUT2D eigenvalue weighted by Gasteiger charge is 2.22. The van der Waals surface area contributed by atoms with Crippen molar-refractivity contribution in [3.05, 3.63) is 41.5 Å². The number of carbonyl (C=O) groups excluding carboxylic acids is 1. The Hall–Kier alpha value is -2.34. The number of nitrogens with zero attached hydrogens (tertiary/aromatic N) is 2. The lowest BCUT2D eigenvalue weighted by Crippen LogP contribution is -2.16. The summed E-state index contributed by atoms with van der Waals surface area (Å²) in [6.07, 6.45) is 1.65. The van der Waals surface area contributed by atoms with Gasteiger partial charge in [-0.2, -0.15) is 0 Å². The SMILES string of the molecule is COc1c(C(=O)Nc2nccs2)n(C)c2ccccc12. The molecule has 3 rings (SSSR count). The summed E-state index contributed by atoms with van der Waals surface area (Å²) in [7, 11) is 3.42. The zero-order chi connectivity index (χ0) is 14.1. The van der Waals surface area contributed by atoms with Crippen LogP contribution in [0.5, 0.6) is 5.75 Å². The second kappa shape index (κ2) is 4.97. The molecule has 0 atom stereocenters. The zero-order valence-electron chi connectivity index (χ0n) is 11.1. The van der Waals surface area contributed by atoms with Crippen LogP contribution < -0.4 is 10.1 Å². The Morgan fingerprint density at radius 3 is 2.90 bits per heavy atom. The minimum Gasteiger partial charge on any atom is -0.494 e. The number of amides is 1. The number of benzene rings is 1. The molecule has 0 aliphatic carbocycles. The number of aryl methyl sites for hydroxylation is 1. The monoisotopic (exact) mass is 287 g/mol. The van der Waals surface area contributed by atoms with E-state index in [4.69, 9.17) is 4.74 Å². The van der Waals surface area contributed by atoms with Crippen LogP contribution in [0.2, 0.25) is 0 Å². The Balaban J connectivity index is 2.10. The number of rotatable bonds is 3. The highest BCUT2D eigenvalue weighted by Crippen LogP contribution is 2.32. The average molecular weight is 287 g/mol. The zero-order valence-corrected chi connectivity index (χ0v) is 11.9. The minimum absolute atomic E-state index is 0.226. The maximum atomic E-state index is 12.4. The Morgan fingerprint density at radius 2 is 2.20 bits per heavy atom. The van der Waals surface area contributed by atoms with Crippen LogP contribution in [-0.4, -0.2) is 22.6 Å². The molecule has 2 heterocycles. The molecule has 6 heteroatoms. The quantitative estimate of drug-likeness (QED) is 0.806. The van der Waals surface area contributed by atoms with E-state index >= 15 is 0 Å². The van der Waals surface area contributed by atoms with Crippen LogP contribution in [0.1, 0.15) is 10.5 Å². The van der Waals surface area contributed by atoms with Crippen LogP contribution in [-0.2, 0) is 7.05 Å². The Kier molecular flexibility index (Phi) is 3.15. The number of fused-ring (bicyclic) bond motifs is 1. The van der Waals surface area contributed by atoms with Crippen molar-refractivity contribution >= 4 is 33.3 Å². The normalized spacial score (nSPS) is 10.7. The number of anilines is 1. The van der Waals surface area contributed by atoms with Gasteiger partial charge in [0.1, 0.15) is 0 Å². The van der Waals surface area contributed by atoms with Crippen LogP contribution in [0.25, 0.3) is 10.9 Å². The predicted molar refractivity (Wildman–Crippen MR) is 79.5 cm³/mol. The van der Waals surface area contributed by atoms with E-state index in [-0.39, 0.29) is 5.91 Å². The first-order valence-corrected chi connectivity index (χ1v) is 6.92. The molecule has 0 aliphatic heterocycles. The van der Waals surface area contributed by atoms with Crippen molar-refractivity contribution in [2.24, 2.45) is 7.05 Å². The van der Waals surface area contributed by atoms with Crippen molar-refractivity contribution in [3.8, 4) is 5.75 Å². The predicted octanol–water partition coefficient (Wildman–Crippen LogP) is 2.90. The number of hydrogen-bond acceptors (Lipinski definition) is 4. The van der Waals surface area contributed by atoms with E-state index in [0.717, 1.165) is 10.9 Å². The van der Waals surface area contributed by atoms with E-state index in [1.165, 1.54) is 11.3 Å². The van der Waals surface area contributed by atoms with Crippen molar-refractivity contribution in [1.29, 1.82) is 0 Å². The van der Waals surface area contributed by atoms with Crippen LogP contribution in [0.3, 0.4) is 0 Å². The standard InChI is InChI=1S/C14H13N3O2S/c1-17-10-6-4-3-5-9(10)12(19-2)11(17)13(18)16-14-15-7-8-20-14/h3-8H,1-2H3,(H,15,16,18). The lowest BCUT2D eigenvalue weighted by Gasteiger charge is -2.06. The molecule has 0 bridgehead atoms. The van der Waals surface area contributed by atoms with E-state index in [2.05, 4.69) is 10.3 Å². The highest BCUT2D eigenvalue weighted by atomic mass is 32.1. The van der Waals surface area contributed by atoms with E-state index in [0.29, 0.717) is 16.6 Å². The fourth-order valence-corrected chi connectivity index (χ4v) is 2.79. The van der Waals surface area contributed by atoms with Crippen LogP contribution in [0.15, 0.2) is 35.8 Å². The van der Waals surface area contributed by atoms with E-state index in [9.17, 15) is 4.79 Å². The molecule has 2 aromatic heterocycles. The molecule has 20 heavy (non-hydrogen) atoms. The molecule has 102 valence electrons. The Morgan fingerprint density at radius 1 is 1.40 bits per heavy atom. The van der Waals surface area contributed by atoms with Crippen molar-refractivity contribution in [1.82, 2.24) is 9.55 Å². The molecule has 0 spiro atoms. The number of hydrogen-bond donors (Lipinski definition) is 1. The number of nitrogens with one attached hydrogen (secondary N) is 1. The van der Waals surface area contributed by atoms with Crippen molar-refractivity contribution in [2.45, 2.75) is 0 Å². The van der Waals surface area contributed by atoms with Crippen LogP contribution >= 0.6 is 11.3 Å². The van der Waals surface area contributed by atoms with Gasteiger partial charge in [0.15, 0.2) is 16.6 Å². The summed E-state index contributed by atoms with van der Waals surface area (Å²) >= 11 is 1.38. The largest absolute Gasteiger partial charge is 0.494 e. The van der Waals surface area contributed by atoms with E-state index < -0.39 is 0 Å². The van der Waals surface area contributed by atoms with E-state index in [1.807, 2.05) is 41.3 Å². The van der Waals surface area contributed by atoms with Crippen molar-refractivity contribution in [3.63, 3.8) is 0 Å². The molecule has 1 aromatic carbocycles. The first kappa shape index (κ1) is 12.7. The van der Waals surface area contributed by atoms with Crippen LogP contribution in [0, 0.1) is 0 Å². The first-order chi connectivity index (χ1) is 9.72. The Bertz CT molecular complexity index is 762. The second-order valence-electron chi connectivity index (χ2n) is 4.25. The van der Waals surface area contributed by atoms with Gasteiger partial charge in [-0.05, 0) is 12.1 Å². The topological polar surface area (TPSA) is 56.1 Å². The van der Waals surface area contributed by atoms with E-state index in [1.54, 1.807) is 13.3 Å². The third-order valence-corrected chi connectivity index (χ3v) is 3.82. The number of thiazole rings is 1. The molecule has 0 fully saturated rings. The summed E-state index contributed by atoms with van der Waals surface area (Å²) in [5, 5.41) is 6.09. The fraction of sp³-hybridized carbons (Fsp3) is 0.143. The van der Waals surface area contributed by atoms with Crippen molar-refractivity contribution in [2.75, 3.05) is 12.4 Å². The summed E-state index contributed by atoms with van der Waals surface area (Å²) in [4.78, 5) is 16.5. The molecule has 0 saturated carbocycles. The molecule has 1 amide bonds. The minimum atomic E-state index is -0.226. The summed E-state index contributed by atoms with van der Waals surface area (Å²) in [5.74, 6) is 0.354. The second-order valence-corrected chi connectivity index (χ2v) is 5.14. The lowest BCUT2D eigenvalue weighted by molar-refractivity contribution is 0.101. The molecule has 0 radical (unpaired) electrons. The number of ether oxygens (including phenoxy) is 1. The molecule has 0 aliphatic rings. The fourth-order valence-electron chi connectivity index (χ4n) is 2.26. The maximum Gasteiger partial charge on any atom is 0.277 e. The van der Waals surface area contributed by atoms with Gasteiger partial charge in [0.25, 0.3) is 5.91 Å². The highest BCUT2D eigenvalue weighted by molar-refractivity contribution is 7.13. The summed E-state index contributed by atoms with van der Waals surface area (Å²) < 4.78 is 7.25. The third-order valence-electron chi connectivity index (χ3n) is 3.13. The molecule has 5 nitrogen and oxygen atoms in total. The third kappa shape index (κ3) is 1.94.